The van der Waals surface area contributed by atoms with Gasteiger partial charge in [0.15, 0.2) is 5.58 Å². The second kappa shape index (κ2) is 9.40. The topological polar surface area (TPSA) is 29.3 Å². The Kier molecular flexibility index (Phi) is 5.41. The number of hydrogen-bond acceptors (Lipinski definition) is 4. The van der Waals surface area contributed by atoms with Crippen LogP contribution in [-0.2, 0) is 5.41 Å². The Labute approximate surface area is 259 Å². The summed E-state index contributed by atoms with van der Waals surface area (Å²) in [6.45, 7) is 4.62. The van der Waals surface area contributed by atoms with Crippen molar-refractivity contribution in [2.75, 3.05) is 4.90 Å². The molecule has 2 aromatic heterocycles. The van der Waals surface area contributed by atoms with Crippen LogP contribution >= 0.6 is 11.3 Å². The van der Waals surface area contributed by atoms with E-state index >= 15 is 0 Å². The summed E-state index contributed by atoms with van der Waals surface area (Å²) in [6.07, 6.45) is 0. The molecule has 6 aromatic carbocycles. The van der Waals surface area contributed by atoms with E-state index in [-0.39, 0.29) is 5.41 Å². The van der Waals surface area contributed by atoms with Crippen LogP contribution in [0, 0.1) is 0 Å². The first kappa shape index (κ1) is 25.3. The SMILES string of the molecule is CC1(C)c2ccc(N(c3ccccc3)c3ccc4sc5ccccc5c4c3)cc2-c2cc3oc(-c4ccccc4)nc3cc21. The molecule has 44 heavy (non-hydrogen) atoms. The van der Waals surface area contributed by atoms with E-state index in [0.29, 0.717) is 5.89 Å². The standard InChI is InChI=1S/C40H28N2OS/c1-40(2)33-19-17-27(21-30(33)31-23-36-35(24-34(31)40)41-39(43-36)25-11-5-3-6-12-25)42(26-13-7-4-8-14-26)28-18-20-38-32(22-28)29-15-9-10-16-37(29)44-38/h3-24H,1-2H3. The maximum atomic E-state index is 6.33. The van der Waals surface area contributed by atoms with Crippen LogP contribution in [0.4, 0.5) is 17.1 Å². The number of nitrogens with zero attached hydrogens (tertiary/aromatic N) is 2. The van der Waals surface area contributed by atoms with Crippen LogP contribution in [0.15, 0.2) is 138 Å². The number of para-hydroxylation sites is 1. The lowest BCUT2D eigenvalue weighted by Gasteiger charge is -2.27. The maximum Gasteiger partial charge on any atom is 0.227 e. The van der Waals surface area contributed by atoms with Gasteiger partial charge in [0.1, 0.15) is 5.52 Å². The van der Waals surface area contributed by atoms with Gasteiger partial charge in [-0.3, -0.25) is 0 Å². The first-order chi connectivity index (χ1) is 21.5. The van der Waals surface area contributed by atoms with Gasteiger partial charge in [0, 0.05) is 48.2 Å². The number of anilines is 3. The van der Waals surface area contributed by atoms with Crippen molar-refractivity contribution in [1.29, 1.82) is 0 Å². The number of thiophene rings is 1. The molecule has 0 fully saturated rings. The fourth-order valence-electron chi connectivity index (χ4n) is 6.88. The zero-order chi connectivity index (χ0) is 29.4. The summed E-state index contributed by atoms with van der Waals surface area (Å²) in [6, 6.07) is 47.7. The first-order valence-electron chi connectivity index (χ1n) is 15.0. The van der Waals surface area contributed by atoms with Crippen molar-refractivity contribution >= 4 is 59.7 Å². The summed E-state index contributed by atoms with van der Waals surface area (Å²) in [5.41, 5.74) is 11.0. The Morgan fingerprint density at radius 3 is 2.11 bits per heavy atom. The third-order valence-corrected chi connectivity index (χ3v) is 10.2. The normalized spacial score (nSPS) is 13.4. The van der Waals surface area contributed by atoms with Crippen LogP contribution in [0.25, 0.3) is 53.9 Å². The molecule has 9 rings (SSSR count). The number of fused-ring (bicyclic) bond motifs is 7. The number of rotatable bonds is 4. The lowest BCUT2D eigenvalue weighted by atomic mass is 9.82. The second-order valence-corrected chi connectivity index (χ2v) is 13.1. The Morgan fingerprint density at radius 1 is 0.591 bits per heavy atom. The number of oxazole rings is 1. The van der Waals surface area contributed by atoms with E-state index in [4.69, 9.17) is 9.40 Å². The third kappa shape index (κ3) is 3.78. The average Bonchev–Trinajstić information content (AvgIpc) is 3.71. The molecule has 210 valence electrons. The quantitative estimate of drug-likeness (QED) is 0.206. The molecule has 0 N–H and O–H groups in total. The maximum absolute atomic E-state index is 6.33. The van der Waals surface area contributed by atoms with Crippen LogP contribution in [0.3, 0.4) is 0 Å². The molecule has 4 heteroatoms. The summed E-state index contributed by atoms with van der Waals surface area (Å²) in [5, 5.41) is 2.59. The van der Waals surface area contributed by atoms with Crippen molar-refractivity contribution < 1.29 is 4.42 Å². The highest BCUT2D eigenvalue weighted by molar-refractivity contribution is 7.25. The van der Waals surface area contributed by atoms with E-state index < -0.39 is 0 Å². The van der Waals surface area contributed by atoms with Gasteiger partial charge in [-0.15, -0.1) is 11.3 Å². The number of hydrogen-bond donors (Lipinski definition) is 0. The lowest BCUT2D eigenvalue weighted by molar-refractivity contribution is 0.619. The molecule has 2 heterocycles. The van der Waals surface area contributed by atoms with Crippen molar-refractivity contribution in [3.05, 3.63) is 145 Å². The van der Waals surface area contributed by atoms with Crippen LogP contribution in [0.5, 0.6) is 0 Å². The van der Waals surface area contributed by atoms with Crippen molar-refractivity contribution in [2.45, 2.75) is 19.3 Å². The van der Waals surface area contributed by atoms with Crippen LogP contribution < -0.4 is 4.90 Å². The Hall–Kier alpha value is -5.19. The predicted octanol–water partition coefficient (Wildman–Crippen LogP) is 11.6. The third-order valence-electron chi connectivity index (χ3n) is 9.08. The summed E-state index contributed by atoms with van der Waals surface area (Å²) in [7, 11) is 0. The average molecular weight is 585 g/mol. The highest BCUT2D eigenvalue weighted by Crippen LogP contribution is 2.52. The first-order valence-corrected chi connectivity index (χ1v) is 15.8. The lowest BCUT2D eigenvalue weighted by Crippen LogP contribution is -2.15. The van der Waals surface area contributed by atoms with Crippen molar-refractivity contribution in [1.82, 2.24) is 4.98 Å². The zero-order valence-corrected chi connectivity index (χ0v) is 25.2. The molecule has 0 amide bonds. The van der Waals surface area contributed by atoms with E-state index in [1.807, 2.05) is 41.7 Å². The molecule has 1 aliphatic carbocycles. The monoisotopic (exact) mass is 584 g/mol. The Balaban J connectivity index is 1.22. The van der Waals surface area contributed by atoms with Gasteiger partial charge in [0.25, 0.3) is 0 Å². The Morgan fingerprint density at radius 2 is 1.27 bits per heavy atom. The molecule has 8 aromatic rings. The highest BCUT2D eigenvalue weighted by atomic mass is 32.1. The van der Waals surface area contributed by atoms with Gasteiger partial charge >= 0.3 is 0 Å². The molecule has 0 spiro atoms. The molecule has 0 saturated heterocycles. The summed E-state index contributed by atoms with van der Waals surface area (Å²) in [4.78, 5) is 7.25. The van der Waals surface area contributed by atoms with Crippen molar-refractivity contribution in [2.24, 2.45) is 0 Å². The minimum atomic E-state index is -0.157. The van der Waals surface area contributed by atoms with Gasteiger partial charge in [-0.05, 0) is 95.1 Å². The van der Waals surface area contributed by atoms with Gasteiger partial charge < -0.3 is 9.32 Å². The van der Waals surface area contributed by atoms with Crippen LogP contribution in [0.2, 0.25) is 0 Å². The van der Waals surface area contributed by atoms with Crippen molar-refractivity contribution in [3.63, 3.8) is 0 Å². The summed E-state index contributed by atoms with van der Waals surface area (Å²) >= 11 is 1.85. The second-order valence-electron chi connectivity index (χ2n) is 12.1. The van der Waals surface area contributed by atoms with Crippen molar-refractivity contribution in [3.8, 4) is 22.6 Å². The van der Waals surface area contributed by atoms with E-state index in [0.717, 1.165) is 33.7 Å². The number of aromatic nitrogens is 1. The largest absolute Gasteiger partial charge is 0.436 e. The highest BCUT2D eigenvalue weighted by Gasteiger charge is 2.37. The predicted molar refractivity (Wildman–Crippen MR) is 185 cm³/mol. The van der Waals surface area contributed by atoms with Gasteiger partial charge in [-0.25, -0.2) is 4.98 Å². The molecule has 0 radical (unpaired) electrons. The van der Waals surface area contributed by atoms with E-state index in [1.54, 1.807) is 0 Å². The van der Waals surface area contributed by atoms with E-state index in [1.165, 1.54) is 42.4 Å². The van der Waals surface area contributed by atoms with E-state index in [9.17, 15) is 0 Å². The molecule has 0 bridgehead atoms. The molecule has 0 unspecified atom stereocenters. The van der Waals surface area contributed by atoms with Gasteiger partial charge in [0.2, 0.25) is 5.89 Å². The minimum Gasteiger partial charge on any atom is -0.436 e. The molecular formula is C40H28N2OS. The minimum absolute atomic E-state index is 0.157. The zero-order valence-electron chi connectivity index (χ0n) is 24.4. The van der Waals surface area contributed by atoms with E-state index in [2.05, 4.69) is 122 Å². The van der Waals surface area contributed by atoms with Gasteiger partial charge in [-0.1, -0.05) is 74.5 Å². The fraction of sp³-hybridized carbons (Fsp3) is 0.0750. The molecule has 3 nitrogen and oxygen atoms in total. The van der Waals surface area contributed by atoms with Crippen LogP contribution in [0.1, 0.15) is 25.0 Å². The molecule has 0 aliphatic heterocycles. The van der Waals surface area contributed by atoms with Gasteiger partial charge in [0.05, 0.1) is 0 Å². The van der Waals surface area contributed by atoms with Gasteiger partial charge in [-0.2, -0.15) is 0 Å². The molecular weight excluding hydrogens is 557 g/mol. The summed E-state index contributed by atoms with van der Waals surface area (Å²) in [5.74, 6) is 0.655. The smallest absolute Gasteiger partial charge is 0.227 e. The van der Waals surface area contributed by atoms with Crippen LogP contribution in [-0.4, -0.2) is 4.98 Å². The molecule has 0 saturated carbocycles. The molecule has 1 aliphatic rings. The summed E-state index contributed by atoms with van der Waals surface area (Å²) < 4.78 is 8.95. The number of benzene rings is 6. The molecule has 0 atom stereocenters. The Bertz CT molecular complexity index is 2370. The fourth-order valence-corrected chi connectivity index (χ4v) is 7.97.